The van der Waals surface area contributed by atoms with Crippen molar-refractivity contribution in [2.45, 2.75) is 12.8 Å². The van der Waals surface area contributed by atoms with Crippen LogP contribution in [0, 0.1) is 0 Å². The maximum Gasteiger partial charge on any atom is 0.227 e. The molecule has 0 spiro atoms. The van der Waals surface area contributed by atoms with Gasteiger partial charge in [0, 0.05) is 5.56 Å². The molecule has 13 rings (SSSR count). The fraction of sp³-hybridized carbons (Fsp3) is 0.0328. The summed E-state index contributed by atoms with van der Waals surface area (Å²) in [4.78, 5) is 4.78. The maximum absolute atomic E-state index is 6.16. The minimum absolute atomic E-state index is 0.636. The quantitative estimate of drug-likeness (QED) is 0.162. The minimum Gasteiger partial charge on any atom is -0.436 e. The lowest BCUT2D eigenvalue weighted by atomic mass is 9.76. The van der Waals surface area contributed by atoms with Crippen LogP contribution in [0.15, 0.2) is 211 Å². The fourth-order valence-electron chi connectivity index (χ4n) is 10.5. The zero-order valence-corrected chi connectivity index (χ0v) is 34.5. The molecule has 63 heavy (non-hydrogen) atoms. The molecule has 1 heterocycles. The van der Waals surface area contributed by atoms with E-state index in [0.29, 0.717) is 5.89 Å². The van der Waals surface area contributed by atoms with Crippen LogP contribution in [0.4, 0.5) is 0 Å². The summed E-state index contributed by atoms with van der Waals surface area (Å²) in [5, 5.41) is 12.6. The molecule has 0 amide bonds. The van der Waals surface area contributed by atoms with Crippen LogP contribution in [0.3, 0.4) is 0 Å². The number of hydrogen-bond acceptors (Lipinski definition) is 2. The molecule has 0 aliphatic heterocycles. The first-order chi connectivity index (χ1) is 31.2. The van der Waals surface area contributed by atoms with Gasteiger partial charge in [-0.05, 0) is 159 Å². The Hall–Kier alpha value is -8.07. The lowest BCUT2D eigenvalue weighted by Gasteiger charge is -2.27. The first kappa shape index (κ1) is 35.7. The van der Waals surface area contributed by atoms with Crippen molar-refractivity contribution in [2.75, 3.05) is 0 Å². The Morgan fingerprint density at radius 3 is 1.41 bits per heavy atom. The van der Waals surface area contributed by atoms with Crippen molar-refractivity contribution in [1.82, 2.24) is 4.98 Å². The summed E-state index contributed by atoms with van der Waals surface area (Å²) >= 11 is 0. The highest BCUT2D eigenvalue weighted by Crippen LogP contribution is 2.50. The zero-order chi connectivity index (χ0) is 41.4. The third-order valence-electron chi connectivity index (χ3n) is 13.4. The molecule has 0 bridgehead atoms. The van der Waals surface area contributed by atoms with Gasteiger partial charge in [0.2, 0.25) is 5.89 Å². The number of fused-ring (bicyclic) bond motifs is 7. The highest BCUT2D eigenvalue weighted by molar-refractivity contribution is 6.21. The van der Waals surface area contributed by atoms with Crippen LogP contribution in [0.1, 0.15) is 23.1 Å². The predicted octanol–water partition coefficient (Wildman–Crippen LogP) is 16.7. The van der Waals surface area contributed by atoms with Crippen LogP contribution < -0.4 is 0 Å². The van der Waals surface area contributed by atoms with Crippen LogP contribution in [0.5, 0.6) is 0 Å². The van der Waals surface area contributed by atoms with Gasteiger partial charge in [0.25, 0.3) is 0 Å². The molecular weight excluding hydrogens is 763 g/mol. The van der Waals surface area contributed by atoms with Crippen LogP contribution in [-0.4, -0.2) is 4.98 Å². The summed E-state index contributed by atoms with van der Waals surface area (Å²) in [7, 11) is 0. The van der Waals surface area contributed by atoms with Crippen molar-refractivity contribution >= 4 is 76.6 Å². The highest BCUT2D eigenvalue weighted by Gasteiger charge is 2.26. The average Bonchev–Trinajstić information content (AvgIpc) is 3.79. The van der Waals surface area contributed by atoms with E-state index in [1.165, 1.54) is 110 Å². The number of hydrogen-bond donors (Lipinski definition) is 0. The van der Waals surface area contributed by atoms with E-state index >= 15 is 0 Å². The van der Waals surface area contributed by atoms with Gasteiger partial charge in [-0.15, -0.1) is 0 Å². The first-order valence-electron chi connectivity index (χ1n) is 21.9. The Bertz CT molecular complexity index is 3760. The summed E-state index contributed by atoms with van der Waals surface area (Å²) in [6.45, 7) is 0. The van der Waals surface area contributed by atoms with Gasteiger partial charge in [0.1, 0.15) is 5.52 Å². The van der Waals surface area contributed by atoms with Gasteiger partial charge < -0.3 is 4.42 Å². The third kappa shape index (κ3) is 5.76. The summed E-state index contributed by atoms with van der Waals surface area (Å²) in [5.74, 6) is 0.636. The molecule has 0 saturated carbocycles. The second-order valence-electron chi connectivity index (χ2n) is 16.9. The number of benzene rings is 11. The zero-order valence-electron chi connectivity index (χ0n) is 34.5. The van der Waals surface area contributed by atoms with Gasteiger partial charge in [-0.25, -0.2) is 4.98 Å². The van der Waals surface area contributed by atoms with E-state index in [9.17, 15) is 0 Å². The van der Waals surface area contributed by atoms with Crippen LogP contribution in [0.25, 0.3) is 121 Å². The minimum atomic E-state index is 0.636. The van der Waals surface area contributed by atoms with E-state index in [1.807, 2.05) is 24.3 Å². The predicted molar refractivity (Wildman–Crippen MR) is 266 cm³/mol. The number of oxazole rings is 1. The van der Waals surface area contributed by atoms with Crippen molar-refractivity contribution in [3.05, 3.63) is 223 Å². The Morgan fingerprint density at radius 1 is 0.349 bits per heavy atom. The average molecular weight is 802 g/mol. The molecule has 1 aliphatic carbocycles. The van der Waals surface area contributed by atoms with Gasteiger partial charge in [-0.1, -0.05) is 176 Å². The van der Waals surface area contributed by atoms with Gasteiger partial charge >= 0.3 is 0 Å². The normalized spacial score (nSPS) is 12.7. The smallest absolute Gasteiger partial charge is 0.227 e. The fourth-order valence-corrected chi connectivity index (χ4v) is 10.5. The molecule has 2 heteroatoms. The molecular formula is C61H39NO. The number of aromatic nitrogens is 1. The van der Waals surface area contributed by atoms with Crippen molar-refractivity contribution in [3.8, 4) is 44.8 Å². The van der Waals surface area contributed by atoms with Crippen LogP contribution >= 0.6 is 0 Å². The molecule has 0 saturated heterocycles. The number of para-hydroxylation sites is 2. The van der Waals surface area contributed by atoms with Gasteiger partial charge in [0.15, 0.2) is 5.58 Å². The van der Waals surface area contributed by atoms with E-state index in [-0.39, 0.29) is 0 Å². The molecule has 1 aliphatic rings. The van der Waals surface area contributed by atoms with Crippen molar-refractivity contribution in [1.29, 1.82) is 0 Å². The molecule has 0 unspecified atom stereocenters. The summed E-state index contributed by atoms with van der Waals surface area (Å²) in [6.07, 6.45) is 4.41. The summed E-state index contributed by atoms with van der Waals surface area (Å²) < 4.78 is 6.16. The highest BCUT2D eigenvalue weighted by atomic mass is 16.3. The number of rotatable bonds is 5. The van der Waals surface area contributed by atoms with E-state index in [4.69, 9.17) is 9.40 Å². The molecule has 0 radical (unpaired) electrons. The lowest BCUT2D eigenvalue weighted by Crippen LogP contribution is -2.06. The number of allylic oxidation sites excluding steroid dienone is 1. The van der Waals surface area contributed by atoms with Crippen molar-refractivity contribution in [2.24, 2.45) is 0 Å². The van der Waals surface area contributed by atoms with Crippen molar-refractivity contribution < 1.29 is 4.42 Å². The Balaban J connectivity index is 1.05. The van der Waals surface area contributed by atoms with Crippen molar-refractivity contribution in [3.63, 3.8) is 0 Å². The summed E-state index contributed by atoms with van der Waals surface area (Å²) in [6, 6.07) is 75.2. The largest absolute Gasteiger partial charge is 0.436 e. The molecule has 294 valence electrons. The molecule has 1 aromatic heterocycles. The Labute approximate surface area is 365 Å². The maximum atomic E-state index is 6.16. The van der Waals surface area contributed by atoms with E-state index < -0.39 is 0 Å². The second kappa shape index (κ2) is 14.3. The first-order valence-corrected chi connectivity index (χ1v) is 21.9. The third-order valence-corrected chi connectivity index (χ3v) is 13.4. The standard InChI is InChI=1S/C61H39NO/c1-3-15-42-35-44(31-25-38(42)13-1)58-51-21-9-10-22-52(51)60(45-32-26-39-14-2-4-16-43(39)36-45)54-37-46(33-34-53(54)58)59-49-19-7-5-17-47(49)57(48-18-6-8-20-50(48)59)40-27-29-41(30-28-40)61-62-55-23-11-12-24-56(55)63-61/h1-32,35-37H,33-34H2. The SMILES string of the molecule is C1=C(c2c3ccccc3c(-c3ccc(-c4nc5ccccc5o4)cc3)c3ccccc23)CCc2c1c(-c1ccc3ccccc3c1)c1ccccc1c2-c1ccc2ccccc2c1. The van der Waals surface area contributed by atoms with Gasteiger partial charge in [-0.3, -0.25) is 0 Å². The monoisotopic (exact) mass is 801 g/mol. The molecule has 11 aromatic carbocycles. The molecule has 0 atom stereocenters. The Kier molecular flexibility index (Phi) is 8.07. The lowest BCUT2D eigenvalue weighted by molar-refractivity contribution is 0.620. The number of nitrogens with zero attached hydrogens (tertiary/aromatic N) is 1. The van der Waals surface area contributed by atoms with E-state index in [1.54, 1.807) is 0 Å². The van der Waals surface area contributed by atoms with E-state index in [0.717, 1.165) is 29.5 Å². The summed E-state index contributed by atoms with van der Waals surface area (Å²) in [5.41, 5.74) is 15.6. The molecule has 2 nitrogen and oxygen atoms in total. The van der Waals surface area contributed by atoms with Crippen LogP contribution in [-0.2, 0) is 6.42 Å². The molecule has 0 N–H and O–H groups in total. The van der Waals surface area contributed by atoms with Gasteiger partial charge in [-0.2, -0.15) is 0 Å². The van der Waals surface area contributed by atoms with E-state index in [2.05, 4.69) is 188 Å². The molecule has 0 fully saturated rings. The second-order valence-corrected chi connectivity index (χ2v) is 16.9. The van der Waals surface area contributed by atoms with Gasteiger partial charge in [0.05, 0.1) is 0 Å². The topological polar surface area (TPSA) is 26.0 Å². The molecule has 12 aromatic rings. The Morgan fingerprint density at radius 2 is 0.810 bits per heavy atom. The van der Waals surface area contributed by atoms with Crippen LogP contribution in [0.2, 0.25) is 0 Å².